The maximum Gasteiger partial charge on any atom is 0.0699 e. The van der Waals surface area contributed by atoms with Crippen molar-refractivity contribution >= 4 is 0 Å². The van der Waals surface area contributed by atoms with E-state index in [1.54, 1.807) is 0 Å². The van der Waals surface area contributed by atoms with Gasteiger partial charge >= 0.3 is 0 Å². The van der Waals surface area contributed by atoms with Gasteiger partial charge in [-0.3, -0.25) is 5.32 Å². The third kappa shape index (κ3) is 17.0. The van der Waals surface area contributed by atoms with Crippen LogP contribution in [0.3, 0.4) is 0 Å². The molecule has 0 saturated carbocycles. The fourth-order valence-electron chi connectivity index (χ4n) is 4.19. The predicted octanol–water partition coefficient (Wildman–Crippen LogP) is 10.3. The summed E-state index contributed by atoms with van der Waals surface area (Å²) in [6.45, 7) is 4.58. The largest absolute Gasteiger partial charge is 0.256 e. The summed E-state index contributed by atoms with van der Waals surface area (Å²) in [7, 11) is 0. The Kier molecular flexibility index (Phi) is 19.7. The van der Waals surface area contributed by atoms with E-state index in [1.165, 1.54) is 134 Å². The molecule has 0 amide bonds. The highest BCUT2D eigenvalue weighted by molar-refractivity contribution is 5.44. The van der Waals surface area contributed by atoms with Crippen LogP contribution in [0.15, 0.2) is 47.9 Å². The molecule has 0 atom stereocenters. The highest BCUT2D eigenvalue weighted by atomic mass is 14.9. The Balaban J connectivity index is 2.03. The van der Waals surface area contributed by atoms with E-state index in [4.69, 9.17) is 0 Å². The van der Waals surface area contributed by atoms with Crippen molar-refractivity contribution in [2.24, 2.45) is 0 Å². The molecule has 1 rings (SSSR count). The molecule has 1 aliphatic heterocycles. The van der Waals surface area contributed by atoms with Crippen LogP contribution < -0.4 is 5.32 Å². The first-order chi connectivity index (χ1) is 15.4. The SMILES string of the molecule is CCCCCCCCCCCC=CC1=C(C=CCCCCCCCCCCC)[N]C=C1. The van der Waals surface area contributed by atoms with Crippen LogP contribution in [-0.2, 0) is 0 Å². The second-order valence-corrected chi connectivity index (χ2v) is 9.32. The fourth-order valence-corrected chi connectivity index (χ4v) is 4.19. The molecule has 0 N–H and O–H groups in total. The molecule has 1 nitrogen and oxygen atoms in total. The number of allylic oxidation sites excluding steroid dienone is 6. The lowest BCUT2D eigenvalue weighted by Crippen LogP contribution is -1.89. The van der Waals surface area contributed by atoms with Crippen molar-refractivity contribution in [2.45, 2.75) is 142 Å². The van der Waals surface area contributed by atoms with E-state index in [0.717, 1.165) is 5.70 Å². The van der Waals surface area contributed by atoms with E-state index in [9.17, 15) is 0 Å². The Morgan fingerprint density at radius 1 is 0.548 bits per heavy atom. The van der Waals surface area contributed by atoms with Crippen LogP contribution in [0.1, 0.15) is 142 Å². The molecule has 0 bridgehead atoms. The van der Waals surface area contributed by atoms with Gasteiger partial charge in [0.1, 0.15) is 0 Å². The summed E-state index contributed by atoms with van der Waals surface area (Å²) < 4.78 is 0. The van der Waals surface area contributed by atoms with Crippen molar-refractivity contribution in [2.75, 3.05) is 0 Å². The van der Waals surface area contributed by atoms with Gasteiger partial charge in [0.2, 0.25) is 0 Å². The molecule has 0 saturated heterocycles. The summed E-state index contributed by atoms with van der Waals surface area (Å²) in [4.78, 5) is 0. The summed E-state index contributed by atoms with van der Waals surface area (Å²) in [6, 6.07) is 0. The molecule has 0 fully saturated rings. The van der Waals surface area contributed by atoms with Crippen molar-refractivity contribution in [1.82, 2.24) is 5.32 Å². The molecule has 0 spiro atoms. The Labute approximate surface area is 195 Å². The first-order valence-corrected chi connectivity index (χ1v) is 13.8. The normalized spacial score (nSPS) is 13.9. The Morgan fingerprint density at radius 2 is 0.968 bits per heavy atom. The molecule has 1 radical (unpaired) electrons. The maximum absolute atomic E-state index is 4.53. The summed E-state index contributed by atoms with van der Waals surface area (Å²) in [5.41, 5.74) is 2.42. The zero-order chi connectivity index (χ0) is 22.2. The minimum atomic E-state index is 1.14. The molecule has 177 valence electrons. The van der Waals surface area contributed by atoms with Gasteiger partial charge in [0.05, 0.1) is 5.70 Å². The number of hydrogen-bond acceptors (Lipinski definition) is 0. The molecule has 0 aromatic rings. The molecule has 0 aromatic carbocycles. The average Bonchev–Trinajstić information content (AvgIpc) is 3.23. The second kappa shape index (κ2) is 22.0. The minimum absolute atomic E-state index is 1.14. The summed E-state index contributed by atoms with van der Waals surface area (Å²) >= 11 is 0. The Bertz CT molecular complexity index is 509. The molecule has 31 heavy (non-hydrogen) atoms. The zero-order valence-corrected chi connectivity index (χ0v) is 21.1. The average molecular weight is 427 g/mol. The first-order valence-electron chi connectivity index (χ1n) is 13.8. The lowest BCUT2D eigenvalue weighted by molar-refractivity contribution is 0.566. The van der Waals surface area contributed by atoms with Gasteiger partial charge < -0.3 is 0 Å². The van der Waals surface area contributed by atoms with Crippen molar-refractivity contribution < 1.29 is 0 Å². The van der Waals surface area contributed by atoms with Gasteiger partial charge in [0.15, 0.2) is 0 Å². The molecule has 0 aliphatic carbocycles. The highest BCUT2D eigenvalue weighted by Crippen LogP contribution is 2.17. The van der Waals surface area contributed by atoms with Crippen molar-refractivity contribution in [3.63, 3.8) is 0 Å². The predicted molar refractivity (Wildman–Crippen MR) is 140 cm³/mol. The molecule has 0 aromatic heterocycles. The summed E-state index contributed by atoms with van der Waals surface area (Å²) in [5.74, 6) is 0. The zero-order valence-electron chi connectivity index (χ0n) is 21.1. The minimum Gasteiger partial charge on any atom is -0.256 e. The lowest BCUT2D eigenvalue weighted by Gasteiger charge is -2.01. The highest BCUT2D eigenvalue weighted by Gasteiger charge is 2.04. The molecule has 0 unspecified atom stereocenters. The molecule has 1 heterocycles. The van der Waals surface area contributed by atoms with Gasteiger partial charge in [-0.15, -0.1) is 0 Å². The van der Waals surface area contributed by atoms with Crippen LogP contribution >= 0.6 is 0 Å². The van der Waals surface area contributed by atoms with Gasteiger partial charge in [-0.05, 0) is 37.8 Å². The van der Waals surface area contributed by atoms with Gasteiger partial charge in [-0.2, -0.15) is 0 Å². The number of rotatable bonds is 22. The smallest absolute Gasteiger partial charge is 0.0699 e. The molecular formula is C30H52N. The Hall–Kier alpha value is -1.24. The van der Waals surface area contributed by atoms with Gasteiger partial charge in [-0.1, -0.05) is 135 Å². The molecular weight excluding hydrogens is 374 g/mol. The topological polar surface area (TPSA) is 14.1 Å². The summed E-state index contributed by atoms with van der Waals surface area (Å²) in [6.07, 6.45) is 40.8. The summed E-state index contributed by atoms with van der Waals surface area (Å²) in [5, 5.41) is 4.53. The third-order valence-electron chi connectivity index (χ3n) is 6.29. The van der Waals surface area contributed by atoms with E-state index in [0.29, 0.717) is 0 Å². The van der Waals surface area contributed by atoms with E-state index in [-0.39, 0.29) is 0 Å². The van der Waals surface area contributed by atoms with Crippen LogP contribution in [-0.4, -0.2) is 0 Å². The van der Waals surface area contributed by atoms with Crippen LogP contribution in [0, 0.1) is 0 Å². The van der Waals surface area contributed by atoms with E-state index in [2.05, 4.69) is 49.5 Å². The van der Waals surface area contributed by atoms with Gasteiger partial charge in [0.25, 0.3) is 0 Å². The fraction of sp³-hybridized carbons (Fsp3) is 0.733. The number of unbranched alkanes of at least 4 members (excludes halogenated alkanes) is 18. The van der Waals surface area contributed by atoms with Crippen molar-refractivity contribution in [3.05, 3.63) is 47.9 Å². The lowest BCUT2D eigenvalue weighted by atomic mass is 10.1. The monoisotopic (exact) mass is 426 g/mol. The number of nitrogens with zero attached hydrogens (tertiary/aromatic N) is 1. The van der Waals surface area contributed by atoms with Crippen molar-refractivity contribution in [3.8, 4) is 0 Å². The van der Waals surface area contributed by atoms with E-state index < -0.39 is 0 Å². The number of hydrogen-bond donors (Lipinski definition) is 0. The van der Waals surface area contributed by atoms with Crippen LogP contribution in [0.2, 0.25) is 0 Å². The van der Waals surface area contributed by atoms with Crippen molar-refractivity contribution in [1.29, 1.82) is 0 Å². The van der Waals surface area contributed by atoms with Crippen LogP contribution in [0.25, 0.3) is 0 Å². The van der Waals surface area contributed by atoms with E-state index in [1.807, 2.05) is 6.20 Å². The second-order valence-electron chi connectivity index (χ2n) is 9.32. The van der Waals surface area contributed by atoms with Crippen LogP contribution in [0.4, 0.5) is 0 Å². The van der Waals surface area contributed by atoms with Gasteiger partial charge in [-0.25, -0.2) is 0 Å². The molecule has 1 aliphatic rings. The molecule has 1 heteroatoms. The van der Waals surface area contributed by atoms with Crippen LogP contribution in [0.5, 0.6) is 0 Å². The maximum atomic E-state index is 4.53. The van der Waals surface area contributed by atoms with E-state index >= 15 is 0 Å². The quantitative estimate of drug-likeness (QED) is 0.153. The van der Waals surface area contributed by atoms with Gasteiger partial charge in [0, 0.05) is 11.8 Å². The standard InChI is InChI=1S/C30H52N/c1-3-5-7-9-11-13-15-17-19-21-23-25-29-27-28-31-30(29)26-24-22-20-18-16-14-12-10-8-6-4-2/h23-28H,3-22H2,1-2H3. The Morgan fingerprint density at radius 3 is 1.45 bits per heavy atom. The first kappa shape index (κ1) is 27.8. The third-order valence-corrected chi connectivity index (χ3v) is 6.29.